The van der Waals surface area contributed by atoms with E-state index in [9.17, 15) is 4.79 Å². The molecule has 0 saturated carbocycles. The molecule has 6 rings (SSSR count). The van der Waals surface area contributed by atoms with Crippen LogP contribution >= 0.6 is 0 Å². The van der Waals surface area contributed by atoms with Crippen molar-refractivity contribution in [1.82, 2.24) is 29.5 Å². The van der Waals surface area contributed by atoms with Crippen LogP contribution in [0.3, 0.4) is 0 Å². The van der Waals surface area contributed by atoms with Crippen molar-refractivity contribution >= 4 is 39.6 Å². The number of ether oxygens (including phenoxy) is 1. The number of anilines is 3. The fourth-order valence-electron chi connectivity index (χ4n) is 5.03. The zero-order valence-electron chi connectivity index (χ0n) is 22.1. The average molecular weight is 539 g/mol. The SMILES string of the molecule is C=CC(=O)N1CCN(c2ccc3ncnc(Nc4ccc(Oc5ccn6ncnc6c5)c(C)c4)c3c2F)C(C)C1. The Morgan fingerprint density at radius 3 is 2.80 bits per heavy atom. The number of benzene rings is 2. The molecule has 1 saturated heterocycles. The summed E-state index contributed by atoms with van der Waals surface area (Å²) in [5.41, 5.74) is 3.24. The molecule has 0 aliphatic carbocycles. The second kappa shape index (κ2) is 10.3. The van der Waals surface area contributed by atoms with E-state index < -0.39 is 5.82 Å². The van der Waals surface area contributed by atoms with Gasteiger partial charge in [0.05, 0.1) is 16.6 Å². The molecule has 2 aromatic carbocycles. The van der Waals surface area contributed by atoms with Gasteiger partial charge in [-0.15, -0.1) is 0 Å². The number of rotatable bonds is 6. The second-order valence-corrected chi connectivity index (χ2v) is 9.68. The molecule has 1 amide bonds. The first-order valence-corrected chi connectivity index (χ1v) is 12.9. The van der Waals surface area contributed by atoms with Crippen molar-refractivity contribution in [3.63, 3.8) is 0 Å². The van der Waals surface area contributed by atoms with Crippen LogP contribution in [-0.2, 0) is 4.79 Å². The lowest BCUT2D eigenvalue weighted by Crippen LogP contribution is -2.53. The molecule has 0 bridgehead atoms. The molecule has 11 heteroatoms. The molecular formula is C29H27FN8O2. The van der Waals surface area contributed by atoms with Gasteiger partial charge in [-0.1, -0.05) is 6.58 Å². The van der Waals surface area contributed by atoms with Crippen LogP contribution in [0, 0.1) is 12.7 Å². The quantitative estimate of drug-likeness (QED) is 0.306. The van der Waals surface area contributed by atoms with Gasteiger partial charge in [-0.3, -0.25) is 4.79 Å². The highest BCUT2D eigenvalue weighted by Crippen LogP contribution is 2.34. The van der Waals surface area contributed by atoms with Gasteiger partial charge in [0.2, 0.25) is 5.91 Å². The molecule has 0 radical (unpaired) electrons. The van der Waals surface area contributed by atoms with Gasteiger partial charge < -0.3 is 19.9 Å². The highest BCUT2D eigenvalue weighted by atomic mass is 19.1. The first-order chi connectivity index (χ1) is 19.4. The summed E-state index contributed by atoms with van der Waals surface area (Å²) in [5, 5.41) is 7.66. The molecule has 5 aromatic rings. The highest BCUT2D eigenvalue weighted by Gasteiger charge is 2.28. The van der Waals surface area contributed by atoms with Gasteiger partial charge in [-0.2, -0.15) is 5.10 Å². The summed E-state index contributed by atoms with van der Waals surface area (Å²) >= 11 is 0. The maximum atomic E-state index is 16.1. The normalized spacial score (nSPS) is 15.4. The number of amides is 1. The molecule has 3 aromatic heterocycles. The average Bonchev–Trinajstić information content (AvgIpc) is 3.43. The predicted molar refractivity (Wildman–Crippen MR) is 151 cm³/mol. The smallest absolute Gasteiger partial charge is 0.246 e. The van der Waals surface area contributed by atoms with Crippen LogP contribution in [0.4, 0.5) is 21.6 Å². The lowest BCUT2D eigenvalue weighted by molar-refractivity contribution is -0.126. The van der Waals surface area contributed by atoms with Crippen LogP contribution in [-0.4, -0.2) is 61.0 Å². The van der Waals surface area contributed by atoms with Crippen LogP contribution in [0.5, 0.6) is 11.5 Å². The van der Waals surface area contributed by atoms with Crippen molar-refractivity contribution in [2.75, 3.05) is 29.9 Å². The fraction of sp³-hybridized carbons (Fsp3) is 0.207. The molecule has 1 aliphatic rings. The number of fused-ring (bicyclic) bond motifs is 2. The lowest BCUT2D eigenvalue weighted by atomic mass is 10.1. The lowest BCUT2D eigenvalue weighted by Gasteiger charge is -2.41. The number of hydrogen-bond donors (Lipinski definition) is 1. The molecule has 1 fully saturated rings. The minimum Gasteiger partial charge on any atom is -0.457 e. The molecular weight excluding hydrogens is 511 g/mol. The van der Waals surface area contributed by atoms with Gasteiger partial charge in [0.25, 0.3) is 0 Å². The van der Waals surface area contributed by atoms with Crippen LogP contribution in [0.1, 0.15) is 12.5 Å². The highest BCUT2D eigenvalue weighted by molar-refractivity contribution is 5.94. The summed E-state index contributed by atoms with van der Waals surface area (Å²) in [4.78, 5) is 28.6. The van der Waals surface area contributed by atoms with E-state index in [2.05, 4.69) is 31.9 Å². The number of aromatic nitrogens is 5. The van der Waals surface area contributed by atoms with Crippen molar-refractivity contribution in [3.8, 4) is 11.5 Å². The fourth-order valence-corrected chi connectivity index (χ4v) is 5.03. The summed E-state index contributed by atoms with van der Waals surface area (Å²) in [6.45, 7) is 8.96. The monoisotopic (exact) mass is 538 g/mol. The van der Waals surface area contributed by atoms with E-state index in [0.717, 1.165) is 11.3 Å². The molecule has 40 heavy (non-hydrogen) atoms. The van der Waals surface area contributed by atoms with E-state index >= 15 is 4.39 Å². The third-order valence-corrected chi connectivity index (χ3v) is 7.06. The number of halogens is 1. The minimum absolute atomic E-state index is 0.0775. The van der Waals surface area contributed by atoms with E-state index in [4.69, 9.17) is 4.74 Å². The number of aryl methyl sites for hydroxylation is 1. The van der Waals surface area contributed by atoms with Gasteiger partial charge in [-0.05, 0) is 61.9 Å². The summed E-state index contributed by atoms with van der Waals surface area (Å²) in [7, 11) is 0. The second-order valence-electron chi connectivity index (χ2n) is 9.68. The number of nitrogens with zero attached hydrogens (tertiary/aromatic N) is 7. The Kier molecular flexibility index (Phi) is 6.47. The molecule has 1 unspecified atom stereocenters. The van der Waals surface area contributed by atoms with Gasteiger partial charge in [0.1, 0.15) is 30.0 Å². The van der Waals surface area contributed by atoms with Crippen LogP contribution in [0.25, 0.3) is 16.6 Å². The molecule has 1 atom stereocenters. The van der Waals surface area contributed by atoms with Crippen molar-refractivity contribution in [2.45, 2.75) is 19.9 Å². The number of carbonyl (C=O) groups is 1. The summed E-state index contributed by atoms with van der Waals surface area (Å²) in [6.07, 6.45) is 6.00. The number of hydrogen-bond acceptors (Lipinski definition) is 8. The summed E-state index contributed by atoms with van der Waals surface area (Å²) in [6, 6.07) is 12.7. The van der Waals surface area contributed by atoms with E-state index in [1.807, 2.05) is 49.1 Å². The Hall–Kier alpha value is -5.06. The first kappa shape index (κ1) is 25.2. The molecule has 1 N–H and O–H groups in total. The van der Waals surface area contributed by atoms with Gasteiger partial charge in [0, 0.05) is 43.6 Å². The molecule has 0 spiro atoms. The van der Waals surface area contributed by atoms with Crippen LogP contribution in [0.2, 0.25) is 0 Å². The van der Waals surface area contributed by atoms with E-state index in [1.54, 1.807) is 27.7 Å². The molecule has 202 valence electrons. The third-order valence-electron chi connectivity index (χ3n) is 7.06. The number of piperazine rings is 1. The maximum absolute atomic E-state index is 16.1. The molecule has 1 aliphatic heterocycles. The predicted octanol–water partition coefficient (Wildman–Crippen LogP) is 4.88. The van der Waals surface area contributed by atoms with E-state index in [1.165, 1.54) is 18.7 Å². The van der Waals surface area contributed by atoms with Crippen molar-refractivity contribution in [1.29, 1.82) is 0 Å². The van der Waals surface area contributed by atoms with E-state index in [0.29, 0.717) is 59.2 Å². The molecule has 10 nitrogen and oxygen atoms in total. The van der Waals surface area contributed by atoms with Crippen molar-refractivity contribution in [3.05, 3.63) is 85.4 Å². The number of carbonyl (C=O) groups excluding carboxylic acids is 1. The van der Waals surface area contributed by atoms with E-state index in [-0.39, 0.29) is 11.9 Å². The largest absolute Gasteiger partial charge is 0.457 e. The van der Waals surface area contributed by atoms with Crippen molar-refractivity contribution in [2.24, 2.45) is 0 Å². The van der Waals surface area contributed by atoms with Gasteiger partial charge >= 0.3 is 0 Å². The number of pyridine rings is 1. The zero-order valence-corrected chi connectivity index (χ0v) is 22.1. The first-order valence-electron chi connectivity index (χ1n) is 12.9. The Labute approximate surface area is 229 Å². The Bertz CT molecular complexity index is 1750. The van der Waals surface area contributed by atoms with Crippen LogP contribution in [0.15, 0.2) is 74.0 Å². The zero-order chi connectivity index (χ0) is 27.8. The maximum Gasteiger partial charge on any atom is 0.246 e. The molecule has 4 heterocycles. The standard InChI is InChI=1S/C29H27FN8O2/c1-4-26(39)36-11-12-37(19(3)15-36)23-7-6-22-27(28(23)30)29(33-16-31-22)35-20-5-8-24(18(2)13-20)40-21-9-10-38-25(14-21)32-17-34-38/h4-10,13-14,16-17,19H,1,11-12,15H2,2-3H3,(H,31,33,35). The van der Waals surface area contributed by atoms with Gasteiger partial charge in [-0.25, -0.2) is 23.9 Å². The summed E-state index contributed by atoms with van der Waals surface area (Å²) in [5.74, 6) is 1.16. The van der Waals surface area contributed by atoms with Crippen LogP contribution < -0.4 is 15.0 Å². The topological polar surface area (TPSA) is 101 Å². The minimum atomic E-state index is -0.406. The Balaban J connectivity index is 1.26. The van der Waals surface area contributed by atoms with Gasteiger partial charge in [0.15, 0.2) is 11.5 Å². The number of nitrogens with one attached hydrogen (secondary N) is 1. The Morgan fingerprint density at radius 1 is 1.12 bits per heavy atom. The third kappa shape index (κ3) is 4.66. The van der Waals surface area contributed by atoms with Crippen molar-refractivity contribution < 1.29 is 13.9 Å². The Morgan fingerprint density at radius 2 is 2.00 bits per heavy atom. The summed E-state index contributed by atoms with van der Waals surface area (Å²) < 4.78 is 23.8.